The zero-order valence-corrected chi connectivity index (χ0v) is 67.0. The molecule has 0 aromatic carbocycles. The largest absolute Gasteiger partial charge is 0.319 e. The molecule has 13 heterocycles. The Morgan fingerprint density at radius 2 is 0.696 bits per heavy atom. The quantitative estimate of drug-likeness (QED) is 0.153. The molecular formula is C82H162N10+6. The summed E-state index contributed by atoms with van der Waals surface area (Å²) in [5.41, 5.74) is 3.00. The third kappa shape index (κ3) is 16.5. The Bertz CT molecular complexity index is 2230. The van der Waals surface area contributed by atoms with Crippen molar-refractivity contribution >= 4 is 0 Å². The van der Waals surface area contributed by atoms with Crippen molar-refractivity contribution in [1.29, 1.82) is 0 Å². The number of likely N-dealkylation sites (N-methyl/N-ethyl adjacent to an activating group) is 3. The maximum absolute atomic E-state index is 2.73. The minimum absolute atomic E-state index is 0.559. The lowest BCUT2D eigenvalue weighted by atomic mass is 9.72. The molecule has 12 aliphatic heterocycles. The number of hydrogen-bond acceptors (Lipinski definition) is 4. The molecule has 10 bridgehead atoms. The van der Waals surface area contributed by atoms with Gasteiger partial charge in [0.15, 0.2) is 18.4 Å². The smallest absolute Gasteiger partial charge is 0.173 e. The fourth-order valence-corrected chi connectivity index (χ4v) is 21.6. The van der Waals surface area contributed by atoms with Crippen LogP contribution >= 0.6 is 0 Å². The maximum Gasteiger partial charge on any atom is 0.173 e. The highest BCUT2D eigenvalue weighted by molar-refractivity contribution is 5.25. The van der Waals surface area contributed by atoms with Gasteiger partial charge in [0.25, 0.3) is 0 Å². The summed E-state index contributed by atoms with van der Waals surface area (Å²) >= 11 is 0. The van der Waals surface area contributed by atoms with Crippen LogP contribution < -0.4 is 4.57 Å². The van der Waals surface area contributed by atoms with Crippen LogP contribution in [0, 0.1) is 23.7 Å². The third-order valence-electron chi connectivity index (χ3n) is 30.2. The van der Waals surface area contributed by atoms with E-state index in [1.807, 2.05) is 0 Å². The number of fused-ring (bicyclic) bond motifs is 12. The highest BCUT2D eigenvalue weighted by Gasteiger charge is 2.56. The first-order valence-corrected chi connectivity index (χ1v) is 40.1. The Labute approximate surface area is 574 Å². The zero-order chi connectivity index (χ0) is 68.5. The second-order valence-electron chi connectivity index (χ2n) is 37.9. The number of pyridine rings is 1. The van der Waals surface area contributed by atoms with Gasteiger partial charge in [0, 0.05) is 120 Å². The molecule has 0 aliphatic carbocycles. The molecule has 11 saturated heterocycles. The molecule has 0 saturated carbocycles. The van der Waals surface area contributed by atoms with Crippen LogP contribution in [0.4, 0.5) is 0 Å². The second-order valence-corrected chi connectivity index (χ2v) is 37.9. The zero-order valence-electron chi connectivity index (χ0n) is 67.0. The van der Waals surface area contributed by atoms with Crippen molar-refractivity contribution in [1.82, 2.24) is 19.6 Å². The van der Waals surface area contributed by atoms with E-state index in [4.69, 9.17) is 0 Å². The lowest BCUT2D eigenvalue weighted by Gasteiger charge is -2.59. The average molecular weight is 1290 g/mol. The van der Waals surface area contributed by atoms with E-state index >= 15 is 0 Å². The number of quaternary nitrogens is 5. The van der Waals surface area contributed by atoms with Crippen LogP contribution in [0.15, 0.2) is 18.5 Å². The molecule has 0 spiro atoms. The van der Waals surface area contributed by atoms with E-state index in [9.17, 15) is 0 Å². The van der Waals surface area contributed by atoms with Crippen LogP contribution in [0.25, 0.3) is 0 Å². The second kappa shape index (κ2) is 32.0. The molecule has 1 aromatic heterocycles. The van der Waals surface area contributed by atoms with Gasteiger partial charge in [-0.05, 0) is 200 Å². The number of hydrogen-bond donors (Lipinski definition) is 0. The normalized spacial score (nSPS) is 38.4. The van der Waals surface area contributed by atoms with Gasteiger partial charge < -0.3 is 22.4 Å². The lowest BCUT2D eigenvalue weighted by Crippen LogP contribution is -2.73. The Hall–Kier alpha value is -1.21. The van der Waals surface area contributed by atoms with Crippen molar-refractivity contribution in [2.45, 2.75) is 403 Å². The molecule has 1 aromatic rings. The monoisotopic (exact) mass is 1290 g/mol. The number of rotatable bonds is 12. The van der Waals surface area contributed by atoms with Crippen molar-refractivity contribution in [3.63, 3.8) is 0 Å². The number of aromatic nitrogens is 1. The molecule has 534 valence electrons. The first-order chi connectivity index (χ1) is 42.9. The summed E-state index contributed by atoms with van der Waals surface area (Å²) in [6.07, 6.45) is 28.0. The van der Waals surface area contributed by atoms with Crippen LogP contribution in [0.5, 0.6) is 0 Å². The van der Waals surface area contributed by atoms with E-state index in [2.05, 4.69) is 244 Å². The van der Waals surface area contributed by atoms with E-state index in [1.54, 1.807) is 0 Å². The summed E-state index contributed by atoms with van der Waals surface area (Å²) in [4.78, 5) is 10.6. The first-order valence-electron chi connectivity index (χ1n) is 40.1. The van der Waals surface area contributed by atoms with Crippen molar-refractivity contribution in [2.75, 3.05) is 74.5 Å². The van der Waals surface area contributed by atoms with E-state index in [1.165, 1.54) is 176 Å². The van der Waals surface area contributed by atoms with Crippen LogP contribution in [0.3, 0.4) is 0 Å². The van der Waals surface area contributed by atoms with Crippen molar-refractivity contribution in [2.24, 2.45) is 23.7 Å². The standard InChI is InChI=1S/C15H30N.C14H29N2.C14H28N.2C13H27N2.C13H21N2/c1-11(2)13-9-14-7-6-8-15(10-13)16(14,5)12(3)4;1-11(2)15-9-13-7-6-8-14(10-15)16(13,5)12(3)4;1-10(2)12-8-13-6-7-14(9-12)15(13,5)11(3)4;1-10(2)14-8-13-7-6-12(14)9-15(13,5)11(3)4;1-10(2)14-8-12-6-7-13(9-14)15(12,5)11(3)4;1-10(2)14-6-5-12-7-15(11(3)4)9-13(12)8-14/h11-15H,6-10H2,1-5H3;11-14H,6-10H2,1-5H3;10-14H,6-9H2,1-5H3;2*10-13H,6-9H2,1-5H3;5-6,8,10-11H,7,9H2,1-4H3/q6*+1. The van der Waals surface area contributed by atoms with Gasteiger partial charge in [0.1, 0.15) is 30.2 Å². The molecule has 92 heavy (non-hydrogen) atoms. The van der Waals surface area contributed by atoms with Crippen molar-refractivity contribution < 1.29 is 27.0 Å². The van der Waals surface area contributed by atoms with Crippen LogP contribution in [-0.2, 0) is 13.1 Å². The molecule has 12 aliphatic rings. The average Bonchev–Trinajstić information content (AvgIpc) is 1.24. The Morgan fingerprint density at radius 3 is 1.02 bits per heavy atom. The Balaban J connectivity index is 0.000000157. The van der Waals surface area contributed by atoms with E-state index in [-0.39, 0.29) is 0 Å². The van der Waals surface area contributed by atoms with Gasteiger partial charge in [-0.1, -0.05) is 27.7 Å². The van der Waals surface area contributed by atoms with E-state index in [0.29, 0.717) is 12.1 Å². The molecule has 11 atom stereocenters. The van der Waals surface area contributed by atoms with Gasteiger partial charge >= 0.3 is 0 Å². The summed E-state index contributed by atoms with van der Waals surface area (Å²) in [6, 6.07) is 18.8. The van der Waals surface area contributed by atoms with Crippen LogP contribution in [-0.4, -0.2) is 231 Å². The molecule has 10 nitrogen and oxygen atoms in total. The van der Waals surface area contributed by atoms with Gasteiger partial charge in [-0.25, -0.2) is 4.57 Å². The van der Waals surface area contributed by atoms with Crippen LogP contribution in [0.2, 0.25) is 0 Å². The molecule has 0 amide bonds. The summed E-state index contributed by atoms with van der Waals surface area (Å²) < 4.78 is 9.04. The SMILES string of the molecule is CC(C)C1CC2CCC(C1)[N+]2(C)C(C)C.CC(C)C1CC2CCCC(C1)[N+]2(C)C(C)C.CC(C)N1CC2CCC(C1)[N+]2(C)C(C)C.CC(C)N1CC2CCC1C[N+]2(C)C(C)C.CC(C)N1CC2CCCC(C1)[N+]2(C)C(C)C.CC(C)N1Cc2cc[n+](C(C)C)cc2C1. The van der Waals surface area contributed by atoms with E-state index < -0.39 is 0 Å². The fraction of sp³-hybridized carbons (Fsp3) is 0.939. The number of nitrogens with zero attached hydrogens (tertiary/aromatic N) is 10. The molecule has 0 N–H and O–H groups in total. The Morgan fingerprint density at radius 1 is 0.359 bits per heavy atom. The van der Waals surface area contributed by atoms with Gasteiger partial charge in [-0.3, -0.25) is 19.6 Å². The molecule has 13 rings (SSSR count). The molecule has 11 fully saturated rings. The van der Waals surface area contributed by atoms with Crippen molar-refractivity contribution in [3.8, 4) is 0 Å². The summed E-state index contributed by atoms with van der Waals surface area (Å²) in [5, 5.41) is 0. The molecule has 0 radical (unpaired) electrons. The number of piperazine rings is 3. The molecular weight excluding hydrogens is 1120 g/mol. The van der Waals surface area contributed by atoms with Crippen molar-refractivity contribution in [3.05, 3.63) is 29.6 Å². The highest BCUT2D eigenvalue weighted by Crippen LogP contribution is 2.48. The topological polar surface area (TPSA) is 16.8 Å². The predicted molar refractivity (Wildman–Crippen MR) is 397 cm³/mol. The van der Waals surface area contributed by atoms with Gasteiger partial charge in [0.2, 0.25) is 0 Å². The summed E-state index contributed by atoms with van der Waals surface area (Å²) in [7, 11) is 12.5. The molecule has 11 unspecified atom stereocenters. The van der Waals surface area contributed by atoms with Gasteiger partial charge in [-0.15, -0.1) is 0 Å². The predicted octanol–water partition coefficient (Wildman–Crippen LogP) is 16.2. The highest BCUT2D eigenvalue weighted by atomic mass is 15.5. The summed E-state index contributed by atoms with van der Waals surface area (Å²) in [6.45, 7) is 67.0. The van der Waals surface area contributed by atoms with Crippen LogP contribution in [0.1, 0.15) is 286 Å². The van der Waals surface area contributed by atoms with E-state index in [0.717, 1.165) is 146 Å². The number of likely N-dealkylation sites (tertiary alicyclic amines) is 2. The Kier molecular flexibility index (Phi) is 27.2. The first kappa shape index (κ1) is 78.1. The lowest BCUT2D eigenvalue weighted by molar-refractivity contribution is -0.986. The molecule has 10 heteroatoms. The van der Waals surface area contributed by atoms with Gasteiger partial charge in [-0.2, -0.15) is 0 Å². The number of piperidine rings is 6. The minimum atomic E-state index is 0.559. The minimum Gasteiger partial charge on any atom is -0.319 e. The maximum atomic E-state index is 2.73. The third-order valence-corrected chi connectivity index (χ3v) is 30.2. The summed E-state index contributed by atoms with van der Waals surface area (Å²) in [5.74, 6) is 3.80. The van der Waals surface area contributed by atoms with Gasteiger partial charge in [0.05, 0.1) is 135 Å². The fourth-order valence-electron chi connectivity index (χ4n) is 21.6.